The molecule has 2 aromatic carbocycles. The molecule has 1 aromatic heterocycles. The summed E-state index contributed by atoms with van der Waals surface area (Å²) < 4.78 is 10.5. The molecule has 0 radical (unpaired) electrons. The first-order valence-corrected chi connectivity index (χ1v) is 8.38. The standard InChI is InChI=1S/C20H22N4O2/c1-25-17-7-3-5-15(13-17)9-11-21-19-10-12-22-20(24-19)23-16-6-4-8-18(14-16)26-2/h3-8,10,12-14H,9,11H2,1-2H3,(H2,21,22,23,24). The van der Waals surface area contributed by atoms with Crippen LogP contribution in [-0.2, 0) is 6.42 Å². The molecule has 3 rings (SSSR count). The van der Waals surface area contributed by atoms with Gasteiger partial charge >= 0.3 is 0 Å². The second-order valence-corrected chi connectivity index (χ2v) is 5.65. The van der Waals surface area contributed by atoms with Crippen LogP contribution in [0.3, 0.4) is 0 Å². The van der Waals surface area contributed by atoms with Gasteiger partial charge in [-0.1, -0.05) is 18.2 Å². The monoisotopic (exact) mass is 350 g/mol. The molecule has 26 heavy (non-hydrogen) atoms. The predicted molar refractivity (Wildman–Crippen MR) is 103 cm³/mol. The topological polar surface area (TPSA) is 68.3 Å². The number of nitrogens with one attached hydrogen (secondary N) is 2. The number of rotatable bonds is 8. The highest BCUT2D eigenvalue weighted by Gasteiger charge is 2.02. The van der Waals surface area contributed by atoms with Crippen molar-refractivity contribution in [1.82, 2.24) is 9.97 Å². The smallest absolute Gasteiger partial charge is 0.229 e. The first-order chi connectivity index (χ1) is 12.8. The number of ether oxygens (including phenoxy) is 2. The van der Waals surface area contributed by atoms with Crippen LogP contribution in [-0.4, -0.2) is 30.7 Å². The van der Waals surface area contributed by atoms with Crippen LogP contribution in [0, 0.1) is 0 Å². The van der Waals surface area contributed by atoms with Gasteiger partial charge in [0.1, 0.15) is 17.3 Å². The summed E-state index contributed by atoms with van der Waals surface area (Å²) in [6.07, 6.45) is 2.60. The van der Waals surface area contributed by atoms with Gasteiger partial charge in [0.15, 0.2) is 0 Å². The quantitative estimate of drug-likeness (QED) is 0.642. The molecule has 2 N–H and O–H groups in total. The second kappa shape index (κ2) is 8.71. The van der Waals surface area contributed by atoms with Crippen molar-refractivity contribution in [2.75, 3.05) is 31.4 Å². The SMILES string of the molecule is COc1cccc(CCNc2ccnc(Nc3cccc(OC)c3)n2)c1. The van der Waals surface area contributed by atoms with Crippen LogP contribution in [0.2, 0.25) is 0 Å². The number of anilines is 3. The number of aromatic nitrogens is 2. The Kier molecular flexibility index (Phi) is 5.88. The lowest BCUT2D eigenvalue weighted by molar-refractivity contribution is 0.414. The molecule has 0 aliphatic carbocycles. The Hall–Kier alpha value is -3.28. The van der Waals surface area contributed by atoms with E-state index in [1.165, 1.54) is 5.56 Å². The first-order valence-electron chi connectivity index (χ1n) is 8.38. The van der Waals surface area contributed by atoms with Crippen LogP contribution < -0.4 is 20.1 Å². The fourth-order valence-electron chi connectivity index (χ4n) is 2.51. The molecule has 0 atom stereocenters. The fourth-order valence-corrected chi connectivity index (χ4v) is 2.51. The van der Waals surface area contributed by atoms with E-state index in [-0.39, 0.29) is 0 Å². The highest BCUT2D eigenvalue weighted by molar-refractivity contribution is 5.56. The van der Waals surface area contributed by atoms with E-state index < -0.39 is 0 Å². The lowest BCUT2D eigenvalue weighted by atomic mass is 10.1. The first kappa shape index (κ1) is 17.5. The lowest BCUT2D eigenvalue weighted by Crippen LogP contribution is -2.08. The number of methoxy groups -OCH3 is 2. The van der Waals surface area contributed by atoms with E-state index >= 15 is 0 Å². The van der Waals surface area contributed by atoms with Gasteiger partial charge in [0.25, 0.3) is 0 Å². The van der Waals surface area contributed by atoms with Crippen LogP contribution in [0.25, 0.3) is 0 Å². The normalized spacial score (nSPS) is 10.2. The van der Waals surface area contributed by atoms with E-state index in [1.54, 1.807) is 20.4 Å². The maximum absolute atomic E-state index is 5.25. The fraction of sp³-hybridized carbons (Fsp3) is 0.200. The molecule has 0 bridgehead atoms. The molecule has 1 heterocycles. The van der Waals surface area contributed by atoms with Crippen molar-refractivity contribution in [2.24, 2.45) is 0 Å². The van der Waals surface area contributed by atoms with Crippen LogP contribution in [0.1, 0.15) is 5.56 Å². The van der Waals surface area contributed by atoms with Crippen LogP contribution >= 0.6 is 0 Å². The summed E-state index contributed by atoms with van der Waals surface area (Å²) in [6.45, 7) is 0.767. The van der Waals surface area contributed by atoms with Gasteiger partial charge < -0.3 is 20.1 Å². The number of hydrogen-bond donors (Lipinski definition) is 2. The Labute approximate surface area is 153 Å². The summed E-state index contributed by atoms with van der Waals surface area (Å²) in [6, 6.07) is 17.5. The van der Waals surface area contributed by atoms with Crippen LogP contribution in [0.5, 0.6) is 11.5 Å². The zero-order valence-corrected chi connectivity index (χ0v) is 14.9. The van der Waals surface area contributed by atoms with Crippen molar-refractivity contribution in [2.45, 2.75) is 6.42 Å². The van der Waals surface area contributed by atoms with Gasteiger partial charge in [-0.15, -0.1) is 0 Å². The summed E-state index contributed by atoms with van der Waals surface area (Å²) in [4.78, 5) is 8.75. The van der Waals surface area contributed by atoms with Gasteiger partial charge in [0.2, 0.25) is 5.95 Å². The van der Waals surface area contributed by atoms with Crippen molar-refractivity contribution < 1.29 is 9.47 Å². The molecular formula is C20H22N4O2. The molecule has 0 fully saturated rings. The minimum Gasteiger partial charge on any atom is -0.497 e. The maximum Gasteiger partial charge on any atom is 0.229 e. The number of hydrogen-bond acceptors (Lipinski definition) is 6. The summed E-state index contributed by atoms with van der Waals surface area (Å²) in [5, 5.41) is 6.51. The molecule has 0 unspecified atom stereocenters. The Bertz CT molecular complexity index is 854. The molecule has 0 amide bonds. The maximum atomic E-state index is 5.25. The Morgan fingerprint density at radius 3 is 2.50 bits per heavy atom. The molecule has 3 aromatic rings. The molecule has 6 heteroatoms. The Morgan fingerprint density at radius 2 is 1.69 bits per heavy atom. The van der Waals surface area contributed by atoms with Crippen molar-refractivity contribution in [1.29, 1.82) is 0 Å². The average Bonchev–Trinajstić information content (AvgIpc) is 2.68. The minimum atomic E-state index is 0.532. The second-order valence-electron chi connectivity index (χ2n) is 5.65. The van der Waals surface area contributed by atoms with E-state index in [0.717, 1.165) is 36.0 Å². The van der Waals surface area contributed by atoms with Gasteiger partial charge in [-0.25, -0.2) is 4.98 Å². The highest BCUT2D eigenvalue weighted by Crippen LogP contribution is 2.20. The zero-order chi connectivity index (χ0) is 18.2. The van der Waals surface area contributed by atoms with Gasteiger partial charge in [-0.05, 0) is 42.3 Å². The molecule has 134 valence electrons. The molecule has 0 aliphatic heterocycles. The number of benzene rings is 2. The van der Waals surface area contributed by atoms with Gasteiger partial charge in [0, 0.05) is 24.5 Å². The predicted octanol–water partition coefficient (Wildman–Crippen LogP) is 3.89. The number of nitrogens with zero attached hydrogens (tertiary/aromatic N) is 2. The molecule has 0 saturated carbocycles. The summed E-state index contributed by atoms with van der Waals surface area (Å²) in [7, 11) is 3.32. The van der Waals surface area contributed by atoms with Crippen molar-refractivity contribution in [3.8, 4) is 11.5 Å². The average molecular weight is 350 g/mol. The van der Waals surface area contributed by atoms with E-state index in [4.69, 9.17) is 9.47 Å². The van der Waals surface area contributed by atoms with E-state index in [0.29, 0.717) is 5.95 Å². The Balaban J connectivity index is 1.58. The van der Waals surface area contributed by atoms with E-state index in [2.05, 4.69) is 26.7 Å². The molecule has 0 aliphatic rings. The third kappa shape index (κ3) is 4.86. The van der Waals surface area contributed by atoms with Gasteiger partial charge in [-0.2, -0.15) is 4.98 Å². The molecule has 0 spiro atoms. The van der Waals surface area contributed by atoms with Crippen molar-refractivity contribution >= 4 is 17.5 Å². The minimum absolute atomic E-state index is 0.532. The van der Waals surface area contributed by atoms with Crippen LogP contribution in [0.15, 0.2) is 60.8 Å². The summed E-state index contributed by atoms with van der Waals surface area (Å²) in [5.74, 6) is 2.95. The Morgan fingerprint density at radius 1 is 0.923 bits per heavy atom. The van der Waals surface area contributed by atoms with Crippen LogP contribution in [0.4, 0.5) is 17.5 Å². The largest absolute Gasteiger partial charge is 0.497 e. The summed E-state index contributed by atoms with van der Waals surface area (Å²) in [5.41, 5.74) is 2.08. The third-order valence-corrected chi connectivity index (χ3v) is 3.84. The van der Waals surface area contributed by atoms with E-state index in [9.17, 15) is 0 Å². The third-order valence-electron chi connectivity index (χ3n) is 3.84. The molecule has 0 saturated heterocycles. The van der Waals surface area contributed by atoms with Gasteiger partial charge in [0.05, 0.1) is 14.2 Å². The van der Waals surface area contributed by atoms with Gasteiger partial charge in [-0.3, -0.25) is 0 Å². The zero-order valence-electron chi connectivity index (χ0n) is 14.9. The molecule has 6 nitrogen and oxygen atoms in total. The summed E-state index contributed by atoms with van der Waals surface area (Å²) >= 11 is 0. The lowest BCUT2D eigenvalue weighted by Gasteiger charge is -2.09. The highest BCUT2D eigenvalue weighted by atomic mass is 16.5. The van der Waals surface area contributed by atoms with Crippen molar-refractivity contribution in [3.63, 3.8) is 0 Å². The van der Waals surface area contributed by atoms with E-state index in [1.807, 2.05) is 48.5 Å². The van der Waals surface area contributed by atoms with Crippen molar-refractivity contribution in [3.05, 3.63) is 66.4 Å². The molecular weight excluding hydrogens is 328 g/mol.